The van der Waals surface area contributed by atoms with Gasteiger partial charge in [0.15, 0.2) is 11.9 Å². The second kappa shape index (κ2) is 7.95. The molecule has 0 saturated carbocycles. The summed E-state index contributed by atoms with van der Waals surface area (Å²) in [6, 6.07) is 6.79. The summed E-state index contributed by atoms with van der Waals surface area (Å²) in [5.74, 6) is 1.39. The van der Waals surface area contributed by atoms with Gasteiger partial charge in [0.1, 0.15) is 24.0 Å². The van der Waals surface area contributed by atoms with Gasteiger partial charge in [-0.1, -0.05) is 6.08 Å². The third-order valence-corrected chi connectivity index (χ3v) is 4.78. The molecule has 2 saturated heterocycles. The van der Waals surface area contributed by atoms with Crippen molar-refractivity contribution in [3.8, 4) is 5.75 Å². The van der Waals surface area contributed by atoms with Gasteiger partial charge in [0.2, 0.25) is 0 Å². The van der Waals surface area contributed by atoms with Gasteiger partial charge in [0.05, 0.1) is 20.3 Å². The van der Waals surface area contributed by atoms with E-state index in [4.69, 9.17) is 18.9 Å². The molecular weight excluding hydrogens is 366 g/mol. The second-order valence-electron chi connectivity index (χ2n) is 6.49. The zero-order valence-electron chi connectivity index (χ0n) is 15.4. The number of aromatic nitrogens is 4. The molecule has 0 spiro atoms. The summed E-state index contributed by atoms with van der Waals surface area (Å²) >= 11 is 0. The van der Waals surface area contributed by atoms with Crippen molar-refractivity contribution >= 4 is 11.8 Å². The number of anilines is 1. The first-order valence-electron chi connectivity index (χ1n) is 8.92. The van der Waals surface area contributed by atoms with Crippen molar-refractivity contribution in [2.75, 3.05) is 25.6 Å². The summed E-state index contributed by atoms with van der Waals surface area (Å²) < 4.78 is 24.0. The molecule has 3 heterocycles. The molecule has 1 aromatic heterocycles. The van der Waals surface area contributed by atoms with Gasteiger partial charge in [-0.05, 0) is 34.7 Å². The number of rotatable bonds is 6. The van der Waals surface area contributed by atoms with Gasteiger partial charge in [-0.25, -0.2) is 9.48 Å². The summed E-state index contributed by atoms with van der Waals surface area (Å²) in [5, 5.41) is 14.5. The van der Waals surface area contributed by atoms with E-state index in [1.165, 1.54) is 0 Å². The largest absolute Gasteiger partial charge is 0.497 e. The first kappa shape index (κ1) is 18.4. The Morgan fingerprint density at radius 1 is 1.32 bits per heavy atom. The van der Waals surface area contributed by atoms with Crippen LogP contribution in [0.4, 0.5) is 10.5 Å². The van der Waals surface area contributed by atoms with Crippen LogP contribution in [0.2, 0.25) is 0 Å². The molecule has 0 aliphatic carbocycles. The summed E-state index contributed by atoms with van der Waals surface area (Å²) in [5.41, 5.74) is 0.606. The van der Waals surface area contributed by atoms with Gasteiger partial charge in [0.25, 0.3) is 0 Å². The van der Waals surface area contributed by atoms with Crippen LogP contribution in [0.5, 0.6) is 5.75 Å². The quantitative estimate of drug-likeness (QED) is 0.740. The number of hydrogen-bond donors (Lipinski definition) is 1. The lowest BCUT2D eigenvalue weighted by Crippen LogP contribution is -2.35. The Labute approximate surface area is 161 Å². The zero-order valence-corrected chi connectivity index (χ0v) is 15.4. The first-order chi connectivity index (χ1) is 13.7. The van der Waals surface area contributed by atoms with Gasteiger partial charge in [-0.15, -0.1) is 11.7 Å². The number of fused-ring (bicyclic) bond motifs is 1. The molecule has 2 fully saturated rings. The number of allylic oxidation sites excluding steroid dienone is 1. The molecule has 28 heavy (non-hydrogen) atoms. The number of tetrazole rings is 1. The van der Waals surface area contributed by atoms with Crippen LogP contribution in [0.1, 0.15) is 11.9 Å². The number of nitrogens with one attached hydrogen (secondary N) is 1. The van der Waals surface area contributed by atoms with E-state index in [2.05, 4.69) is 27.4 Å². The van der Waals surface area contributed by atoms with E-state index < -0.39 is 12.2 Å². The summed E-state index contributed by atoms with van der Waals surface area (Å²) in [7, 11) is 1.58. The van der Waals surface area contributed by atoms with Crippen molar-refractivity contribution in [3.63, 3.8) is 0 Å². The Hall–Kier alpha value is -2.98. The fourth-order valence-electron chi connectivity index (χ4n) is 3.45. The fourth-order valence-corrected chi connectivity index (χ4v) is 3.45. The Morgan fingerprint density at radius 2 is 2.11 bits per heavy atom. The van der Waals surface area contributed by atoms with Crippen LogP contribution in [-0.2, 0) is 20.6 Å². The predicted octanol–water partition coefficient (Wildman–Crippen LogP) is 1.37. The Kier molecular flexibility index (Phi) is 5.22. The molecule has 1 N–H and O–H groups in total. The number of ether oxygens (including phenoxy) is 4. The van der Waals surface area contributed by atoms with Crippen LogP contribution in [0.25, 0.3) is 0 Å². The molecule has 0 bridgehead atoms. The fraction of sp³-hybridized carbons (Fsp3) is 0.444. The SMILES string of the molecule is C=CCc1nnnn1[C@H]1CO[C@H]2[C@@H]1OC[C@H]2OC(=O)Nc1ccc(OC)cc1. The Balaban J connectivity index is 1.37. The standard InChI is InChI=1S/C18H21N5O5/c1-3-4-15-20-21-22-23(15)13-9-26-17-14(10-27-16(13)17)28-18(24)19-11-5-7-12(25-2)8-6-11/h3,5-8,13-14,16-17H,1,4,9-10H2,2H3,(H,19,24)/t13-,14+,16+,17+/m0/s1. The lowest BCUT2D eigenvalue weighted by atomic mass is 10.1. The molecule has 4 rings (SSSR count). The van der Waals surface area contributed by atoms with Crippen LogP contribution in [0, 0.1) is 0 Å². The van der Waals surface area contributed by atoms with Crippen molar-refractivity contribution in [2.24, 2.45) is 0 Å². The lowest BCUT2D eigenvalue weighted by molar-refractivity contribution is 0.00765. The van der Waals surface area contributed by atoms with Crippen molar-refractivity contribution in [1.29, 1.82) is 0 Å². The molecule has 10 heteroatoms. The van der Waals surface area contributed by atoms with Crippen molar-refractivity contribution in [2.45, 2.75) is 30.8 Å². The highest BCUT2D eigenvalue weighted by atomic mass is 16.6. The van der Waals surface area contributed by atoms with Gasteiger partial charge >= 0.3 is 6.09 Å². The minimum Gasteiger partial charge on any atom is -0.497 e. The monoisotopic (exact) mass is 387 g/mol. The lowest BCUT2D eigenvalue weighted by Gasteiger charge is -2.17. The topological polar surface area (TPSA) is 110 Å². The number of carbonyl (C=O) groups is 1. The number of carbonyl (C=O) groups excluding carboxylic acids is 1. The van der Waals surface area contributed by atoms with E-state index in [-0.39, 0.29) is 24.9 Å². The molecule has 0 radical (unpaired) electrons. The van der Waals surface area contributed by atoms with Crippen LogP contribution in [0.15, 0.2) is 36.9 Å². The number of amides is 1. The normalized spacial score (nSPS) is 25.9. The highest BCUT2D eigenvalue weighted by molar-refractivity contribution is 5.84. The highest BCUT2D eigenvalue weighted by Gasteiger charge is 2.51. The summed E-state index contributed by atoms with van der Waals surface area (Å²) in [6.07, 6.45) is 0.554. The first-order valence-corrected chi connectivity index (χ1v) is 8.92. The molecular formula is C18H21N5O5. The molecule has 1 aromatic carbocycles. The number of nitrogens with zero attached hydrogens (tertiary/aromatic N) is 4. The molecule has 2 aliphatic heterocycles. The number of benzene rings is 1. The van der Waals surface area contributed by atoms with Gasteiger partial charge in [-0.3, -0.25) is 5.32 Å². The van der Waals surface area contributed by atoms with E-state index in [9.17, 15) is 4.79 Å². The minimum atomic E-state index is -0.568. The third kappa shape index (κ3) is 3.56. The van der Waals surface area contributed by atoms with Crippen molar-refractivity contribution in [1.82, 2.24) is 20.2 Å². The van der Waals surface area contributed by atoms with Crippen LogP contribution >= 0.6 is 0 Å². The van der Waals surface area contributed by atoms with Crippen LogP contribution in [0.3, 0.4) is 0 Å². The second-order valence-corrected chi connectivity index (χ2v) is 6.49. The molecule has 148 valence electrons. The van der Waals surface area contributed by atoms with Crippen molar-refractivity contribution in [3.05, 3.63) is 42.7 Å². The Bertz CT molecular complexity index is 839. The molecule has 0 unspecified atom stereocenters. The van der Waals surface area contributed by atoms with Crippen molar-refractivity contribution < 1.29 is 23.7 Å². The van der Waals surface area contributed by atoms with E-state index in [1.54, 1.807) is 42.1 Å². The molecule has 10 nitrogen and oxygen atoms in total. The third-order valence-electron chi connectivity index (χ3n) is 4.78. The average molecular weight is 387 g/mol. The van der Waals surface area contributed by atoms with Crippen LogP contribution in [-0.4, -0.2) is 64.9 Å². The Morgan fingerprint density at radius 3 is 2.86 bits per heavy atom. The molecule has 4 atom stereocenters. The smallest absolute Gasteiger partial charge is 0.412 e. The van der Waals surface area contributed by atoms with E-state index in [0.717, 1.165) is 0 Å². The maximum absolute atomic E-state index is 12.2. The molecule has 1 amide bonds. The maximum Gasteiger partial charge on any atom is 0.412 e. The zero-order chi connectivity index (χ0) is 19.5. The minimum absolute atomic E-state index is 0.173. The van der Waals surface area contributed by atoms with E-state index in [0.29, 0.717) is 30.3 Å². The average Bonchev–Trinajstić information content (AvgIpc) is 3.40. The highest BCUT2D eigenvalue weighted by Crippen LogP contribution is 2.35. The van der Waals surface area contributed by atoms with E-state index >= 15 is 0 Å². The van der Waals surface area contributed by atoms with Gasteiger partial charge in [0, 0.05) is 12.1 Å². The number of methoxy groups -OCH3 is 1. The van der Waals surface area contributed by atoms with Crippen LogP contribution < -0.4 is 10.1 Å². The maximum atomic E-state index is 12.2. The summed E-state index contributed by atoms with van der Waals surface area (Å²) in [4.78, 5) is 12.2. The molecule has 2 aliphatic rings. The molecule has 2 aromatic rings. The van der Waals surface area contributed by atoms with E-state index in [1.807, 2.05) is 0 Å². The summed E-state index contributed by atoms with van der Waals surface area (Å²) in [6.45, 7) is 4.35. The predicted molar refractivity (Wildman–Crippen MR) is 97.1 cm³/mol. The van der Waals surface area contributed by atoms with Gasteiger partial charge in [-0.2, -0.15) is 0 Å². The van der Waals surface area contributed by atoms with Gasteiger partial charge < -0.3 is 18.9 Å². The number of hydrogen-bond acceptors (Lipinski definition) is 8.